The first-order valence-electron chi connectivity index (χ1n) is 2.03. The Labute approximate surface area is 39.2 Å². The van der Waals surface area contributed by atoms with Gasteiger partial charge in [0.25, 0.3) is 0 Å². The molecule has 0 fully saturated rings. The molecule has 0 bridgehead atoms. The maximum Gasteiger partial charge on any atom is 0.131 e. The summed E-state index contributed by atoms with van der Waals surface area (Å²) in [7, 11) is 5.03. The molecule has 0 saturated heterocycles. The van der Waals surface area contributed by atoms with E-state index in [4.69, 9.17) is 7.85 Å². The van der Waals surface area contributed by atoms with Gasteiger partial charge in [0.15, 0.2) is 0 Å². The van der Waals surface area contributed by atoms with Crippen molar-refractivity contribution >= 4 is 7.85 Å². The first-order chi connectivity index (χ1) is 2.91. The topological polar surface area (TPSA) is 0 Å². The van der Waals surface area contributed by atoms with Crippen LogP contribution in [0, 0.1) is 6.67 Å². The van der Waals surface area contributed by atoms with E-state index in [9.17, 15) is 4.39 Å². The van der Waals surface area contributed by atoms with Gasteiger partial charge in [-0.2, -0.15) is 0 Å². The monoisotopic (exact) mass is 85.1 g/mol. The zero-order valence-corrected chi connectivity index (χ0v) is 3.65. The largest absolute Gasteiger partial charge is 0.244 e. The molecule has 0 amide bonds. The van der Waals surface area contributed by atoms with Gasteiger partial charge in [0.1, 0.15) is 6.67 Å². The Morgan fingerprint density at radius 1 is 1.67 bits per heavy atom. The van der Waals surface area contributed by atoms with Gasteiger partial charge in [0.05, 0.1) is 7.85 Å². The summed E-state index contributed by atoms with van der Waals surface area (Å²) >= 11 is 0. The average molecular weight is 84.9 g/mol. The molecule has 0 spiro atoms. The van der Waals surface area contributed by atoms with Crippen LogP contribution in [-0.4, -0.2) is 7.85 Å². The molecule has 0 heterocycles. The summed E-state index contributed by atoms with van der Waals surface area (Å²) in [6.45, 7) is 0.632. The molecule has 0 aromatic heterocycles. The summed E-state index contributed by atoms with van der Waals surface area (Å²) < 4.78 is 11.0. The molecule has 0 N–H and O–H groups in total. The summed E-state index contributed by atoms with van der Waals surface area (Å²) in [6, 6.07) is 0. The van der Waals surface area contributed by atoms with Crippen LogP contribution in [0.2, 0.25) is 6.32 Å². The molecule has 33 valence electrons. The van der Waals surface area contributed by atoms with Crippen LogP contribution in [-0.2, 0) is 0 Å². The van der Waals surface area contributed by atoms with E-state index in [0.29, 0.717) is 19.4 Å². The summed E-state index contributed by atoms with van der Waals surface area (Å²) in [6.07, 6.45) is 1.84. The normalized spacial score (nSPS) is 8.83. The molecular weight excluding hydrogens is 77.9 g/mol. The molecule has 0 nitrogen and oxygen atoms in total. The van der Waals surface area contributed by atoms with Crippen LogP contribution < -0.4 is 0 Å². The van der Waals surface area contributed by atoms with E-state index < -0.39 is 0 Å². The van der Waals surface area contributed by atoms with Crippen molar-refractivity contribution in [2.75, 3.05) is 0 Å². The number of halogens is 1. The predicted molar refractivity (Wildman–Crippen MR) is 25.2 cm³/mol. The summed E-state index contributed by atoms with van der Waals surface area (Å²) in [4.78, 5) is 0. The van der Waals surface area contributed by atoms with Crippen molar-refractivity contribution in [2.24, 2.45) is 0 Å². The maximum absolute atomic E-state index is 11.0. The van der Waals surface area contributed by atoms with Gasteiger partial charge in [-0.15, -0.1) is 0 Å². The number of unbranched alkanes of at least 4 members (excludes halogenated alkanes) is 1. The van der Waals surface area contributed by atoms with E-state index in [1.54, 1.807) is 0 Å². The number of rotatable bonds is 3. The fraction of sp³-hybridized carbons (Fsp3) is 0.750. The fourth-order valence-electron chi connectivity index (χ4n) is 0.195. The van der Waals surface area contributed by atoms with Crippen LogP contribution in [0.1, 0.15) is 12.8 Å². The fourth-order valence-corrected chi connectivity index (χ4v) is 0.195. The molecule has 0 aromatic rings. The lowest BCUT2D eigenvalue weighted by Gasteiger charge is -1.83. The Balaban J connectivity index is 2.34. The van der Waals surface area contributed by atoms with Crippen LogP contribution in [0.15, 0.2) is 0 Å². The lowest BCUT2D eigenvalue weighted by molar-refractivity contribution is 0.570. The van der Waals surface area contributed by atoms with E-state index in [0.717, 1.165) is 6.42 Å². The Kier molecular flexibility index (Phi) is 4.99. The molecule has 0 aromatic carbocycles. The second-order valence-electron chi connectivity index (χ2n) is 1.09. The van der Waals surface area contributed by atoms with Crippen molar-refractivity contribution in [1.29, 1.82) is 0 Å². The Morgan fingerprint density at radius 3 is 2.50 bits per heavy atom. The van der Waals surface area contributed by atoms with Crippen molar-refractivity contribution in [1.82, 2.24) is 0 Å². The van der Waals surface area contributed by atoms with Crippen LogP contribution in [0.5, 0.6) is 0 Å². The van der Waals surface area contributed by atoms with Gasteiger partial charge in [-0.25, -0.2) is 4.39 Å². The highest BCUT2D eigenvalue weighted by atomic mass is 19.1. The molecule has 0 saturated carbocycles. The van der Waals surface area contributed by atoms with Gasteiger partial charge >= 0.3 is 0 Å². The quantitative estimate of drug-likeness (QED) is 0.359. The third-order valence-electron chi connectivity index (χ3n) is 0.517. The van der Waals surface area contributed by atoms with Gasteiger partial charge < -0.3 is 0 Å². The second-order valence-corrected chi connectivity index (χ2v) is 1.09. The van der Waals surface area contributed by atoms with Crippen molar-refractivity contribution < 1.29 is 4.39 Å². The smallest absolute Gasteiger partial charge is 0.131 e. The minimum Gasteiger partial charge on any atom is -0.244 e. The highest BCUT2D eigenvalue weighted by molar-refractivity contribution is 6.08. The molecule has 0 rings (SSSR count). The zero-order valence-electron chi connectivity index (χ0n) is 3.65. The third-order valence-corrected chi connectivity index (χ3v) is 0.517. The SMILES string of the molecule is [B]CCC[CH]F. The summed E-state index contributed by atoms with van der Waals surface area (Å²) in [5, 5.41) is 0. The van der Waals surface area contributed by atoms with Gasteiger partial charge in [-0.05, 0) is 6.42 Å². The zero-order chi connectivity index (χ0) is 4.83. The van der Waals surface area contributed by atoms with E-state index >= 15 is 0 Å². The molecule has 0 atom stereocenters. The lowest BCUT2D eigenvalue weighted by atomic mass is 10.0. The second kappa shape index (κ2) is 4.99. The summed E-state index contributed by atoms with van der Waals surface area (Å²) in [5.74, 6) is 0. The molecular formula is C4H7BF. The van der Waals surface area contributed by atoms with Crippen LogP contribution in [0.4, 0.5) is 4.39 Å². The first-order valence-corrected chi connectivity index (χ1v) is 2.03. The standard InChI is InChI=1S/C4H7BF/c5-3-1-2-4-6/h4H,1-3H2. The van der Waals surface area contributed by atoms with Crippen molar-refractivity contribution in [3.63, 3.8) is 0 Å². The van der Waals surface area contributed by atoms with Gasteiger partial charge in [-0.3, -0.25) is 0 Å². The van der Waals surface area contributed by atoms with Crippen molar-refractivity contribution in [3.05, 3.63) is 6.67 Å². The van der Waals surface area contributed by atoms with E-state index in [2.05, 4.69) is 0 Å². The first kappa shape index (κ1) is 5.99. The predicted octanol–water partition coefficient (Wildman–Crippen LogP) is 1.48. The average Bonchev–Trinajstić information content (AvgIpc) is 1.61. The molecule has 6 heavy (non-hydrogen) atoms. The third kappa shape index (κ3) is 3.99. The summed E-state index contributed by atoms with van der Waals surface area (Å²) in [5.41, 5.74) is 0. The van der Waals surface area contributed by atoms with E-state index in [-0.39, 0.29) is 0 Å². The Bertz CT molecular complexity index is 19.5. The molecule has 0 aliphatic rings. The molecule has 0 unspecified atom stereocenters. The molecule has 0 aliphatic heterocycles. The minimum atomic E-state index is 0.497. The maximum atomic E-state index is 11.0. The van der Waals surface area contributed by atoms with Crippen molar-refractivity contribution in [2.45, 2.75) is 19.2 Å². The Morgan fingerprint density at radius 2 is 2.33 bits per heavy atom. The van der Waals surface area contributed by atoms with Gasteiger partial charge in [-0.1, -0.05) is 12.7 Å². The Hall–Kier alpha value is -0.00506. The van der Waals surface area contributed by atoms with Gasteiger partial charge in [0.2, 0.25) is 0 Å². The molecule has 0 aliphatic carbocycles. The van der Waals surface area contributed by atoms with E-state index in [1.807, 2.05) is 0 Å². The highest BCUT2D eigenvalue weighted by Crippen LogP contribution is 1.95. The molecule has 3 radical (unpaired) electrons. The number of hydrogen-bond acceptors (Lipinski definition) is 0. The van der Waals surface area contributed by atoms with Crippen molar-refractivity contribution in [3.8, 4) is 0 Å². The van der Waals surface area contributed by atoms with E-state index in [1.165, 1.54) is 0 Å². The minimum absolute atomic E-state index is 0.497. The van der Waals surface area contributed by atoms with Crippen LogP contribution >= 0.6 is 0 Å². The van der Waals surface area contributed by atoms with Crippen LogP contribution in [0.3, 0.4) is 0 Å². The van der Waals surface area contributed by atoms with Crippen LogP contribution in [0.25, 0.3) is 0 Å². The highest BCUT2D eigenvalue weighted by Gasteiger charge is 1.79. The lowest BCUT2D eigenvalue weighted by Crippen LogP contribution is -1.68. The number of hydrogen-bond donors (Lipinski definition) is 0. The van der Waals surface area contributed by atoms with Gasteiger partial charge in [0, 0.05) is 0 Å². The molecule has 2 heteroatoms.